The predicted octanol–water partition coefficient (Wildman–Crippen LogP) is 2.31. The number of ether oxygens (including phenoxy) is 2. The highest BCUT2D eigenvalue weighted by Gasteiger charge is 2.18. The molecule has 0 radical (unpaired) electrons. The maximum Gasteiger partial charge on any atom is 0.123 e. The second-order valence-electron chi connectivity index (χ2n) is 4.12. The Morgan fingerprint density at radius 1 is 1.35 bits per heavy atom. The molecule has 0 amide bonds. The van der Waals surface area contributed by atoms with Crippen molar-refractivity contribution >= 4 is 11.6 Å². The van der Waals surface area contributed by atoms with Gasteiger partial charge in [0.25, 0.3) is 0 Å². The molecule has 1 heterocycles. The van der Waals surface area contributed by atoms with Crippen LogP contribution >= 0.6 is 11.6 Å². The van der Waals surface area contributed by atoms with Crippen molar-refractivity contribution in [1.29, 1.82) is 0 Å². The Bertz CT molecular complexity index is 353. The zero-order valence-electron chi connectivity index (χ0n) is 10.1. The van der Waals surface area contributed by atoms with E-state index in [2.05, 4.69) is 4.90 Å². The number of halogens is 1. The van der Waals surface area contributed by atoms with Gasteiger partial charge in [0.05, 0.1) is 25.7 Å². The molecule has 3 nitrogen and oxygen atoms in total. The third kappa shape index (κ3) is 3.35. The average Bonchev–Trinajstić information content (AvgIpc) is 2.40. The molecule has 1 aliphatic rings. The molecular weight excluding hydrogens is 238 g/mol. The fourth-order valence-corrected chi connectivity index (χ4v) is 2.41. The zero-order valence-corrected chi connectivity index (χ0v) is 10.8. The fourth-order valence-electron chi connectivity index (χ4n) is 2.03. The van der Waals surface area contributed by atoms with Crippen molar-refractivity contribution in [3.8, 4) is 5.75 Å². The van der Waals surface area contributed by atoms with Crippen molar-refractivity contribution in [3.63, 3.8) is 0 Å². The van der Waals surface area contributed by atoms with Crippen molar-refractivity contribution in [3.05, 3.63) is 29.8 Å². The number of rotatable bonds is 4. The summed E-state index contributed by atoms with van der Waals surface area (Å²) in [6.45, 7) is 4.35. The number of para-hydroxylation sites is 1. The summed E-state index contributed by atoms with van der Waals surface area (Å²) in [5.74, 6) is 0.862. The number of nitrogens with zero attached hydrogens (tertiary/aromatic N) is 1. The van der Waals surface area contributed by atoms with E-state index in [1.165, 1.54) is 0 Å². The van der Waals surface area contributed by atoms with Gasteiger partial charge in [-0.2, -0.15) is 0 Å². The lowest BCUT2D eigenvalue weighted by atomic mass is 10.1. The van der Waals surface area contributed by atoms with E-state index in [4.69, 9.17) is 21.1 Å². The summed E-state index contributed by atoms with van der Waals surface area (Å²) in [5, 5.41) is -0.0377. The van der Waals surface area contributed by atoms with Gasteiger partial charge in [-0.25, -0.2) is 0 Å². The molecule has 1 saturated heterocycles. The maximum atomic E-state index is 6.46. The van der Waals surface area contributed by atoms with Gasteiger partial charge in [0.15, 0.2) is 0 Å². The van der Waals surface area contributed by atoms with Gasteiger partial charge >= 0.3 is 0 Å². The predicted molar refractivity (Wildman–Crippen MR) is 68.8 cm³/mol. The Morgan fingerprint density at radius 2 is 2.06 bits per heavy atom. The van der Waals surface area contributed by atoms with E-state index in [0.717, 1.165) is 44.2 Å². The molecule has 0 N–H and O–H groups in total. The quantitative estimate of drug-likeness (QED) is 0.771. The largest absolute Gasteiger partial charge is 0.496 e. The van der Waals surface area contributed by atoms with Gasteiger partial charge in [-0.3, -0.25) is 4.90 Å². The second kappa shape index (κ2) is 6.24. The first-order valence-electron chi connectivity index (χ1n) is 5.88. The summed E-state index contributed by atoms with van der Waals surface area (Å²) in [6.07, 6.45) is 0. The Kier molecular flexibility index (Phi) is 4.66. The third-order valence-corrected chi connectivity index (χ3v) is 3.37. The fraction of sp³-hybridized carbons (Fsp3) is 0.538. The average molecular weight is 256 g/mol. The molecule has 1 aromatic carbocycles. The molecular formula is C13H18ClNO2. The minimum atomic E-state index is -0.0377. The van der Waals surface area contributed by atoms with Gasteiger partial charge in [0.1, 0.15) is 5.75 Å². The molecule has 1 unspecified atom stereocenters. The standard InChI is InChI=1S/C13H18ClNO2/c1-16-13-5-3-2-4-11(13)12(14)10-15-6-8-17-9-7-15/h2-5,12H,6-10H2,1H3. The number of alkyl halides is 1. The van der Waals surface area contributed by atoms with Gasteiger partial charge in [0, 0.05) is 25.2 Å². The van der Waals surface area contributed by atoms with E-state index in [1.54, 1.807) is 7.11 Å². The van der Waals surface area contributed by atoms with E-state index in [9.17, 15) is 0 Å². The molecule has 0 saturated carbocycles. The maximum absolute atomic E-state index is 6.46. The highest BCUT2D eigenvalue weighted by atomic mass is 35.5. The van der Waals surface area contributed by atoms with E-state index in [1.807, 2.05) is 24.3 Å². The molecule has 0 aromatic heterocycles. The summed E-state index contributed by atoms with van der Waals surface area (Å²) in [5.41, 5.74) is 1.06. The molecule has 94 valence electrons. The first-order valence-corrected chi connectivity index (χ1v) is 6.32. The molecule has 1 fully saturated rings. The number of hydrogen-bond donors (Lipinski definition) is 0. The van der Waals surface area contributed by atoms with Crippen LogP contribution in [0.15, 0.2) is 24.3 Å². The van der Waals surface area contributed by atoms with Crippen molar-refractivity contribution in [1.82, 2.24) is 4.90 Å². The van der Waals surface area contributed by atoms with E-state index in [-0.39, 0.29) is 5.38 Å². The van der Waals surface area contributed by atoms with Crippen LogP contribution in [0.2, 0.25) is 0 Å². The third-order valence-electron chi connectivity index (χ3n) is 3.00. The highest BCUT2D eigenvalue weighted by molar-refractivity contribution is 6.21. The van der Waals surface area contributed by atoms with Gasteiger partial charge in [0.2, 0.25) is 0 Å². The zero-order chi connectivity index (χ0) is 12.1. The molecule has 0 spiro atoms. The van der Waals surface area contributed by atoms with Crippen molar-refractivity contribution < 1.29 is 9.47 Å². The van der Waals surface area contributed by atoms with Crippen LogP contribution in [0.25, 0.3) is 0 Å². The first kappa shape index (κ1) is 12.7. The van der Waals surface area contributed by atoms with Crippen molar-refractivity contribution in [2.24, 2.45) is 0 Å². The lowest BCUT2D eigenvalue weighted by molar-refractivity contribution is 0.0378. The van der Waals surface area contributed by atoms with Crippen molar-refractivity contribution in [2.45, 2.75) is 5.38 Å². The van der Waals surface area contributed by atoms with Crippen LogP contribution in [0, 0.1) is 0 Å². The number of methoxy groups -OCH3 is 1. The summed E-state index contributed by atoms with van der Waals surface area (Å²) in [4.78, 5) is 2.33. The van der Waals surface area contributed by atoms with Crippen LogP contribution in [-0.4, -0.2) is 44.9 Å². The van der Waals surface area contributed by atoms with Gasteiger partial charge in [-0.1, -0.05) is 18.2 Å². The summed E-state index contributed by atoms with van der Waals surface area (Å²) in [7, 11) is 1.68. The smallest absolute Gasteiger partial charge is 0.123 e. The Labute approximate surface area is 107 Å². The van der Waals surface area contributed by atoms with Crippen molar-refractivity contribution in [2.75, 3.05) is 40.0 Å². The summed E-state index contributed by atoms with van der Waals surface area (Å²) in [6, 6.07) is 7.92. The number of benzene rings is 1. The Hall–Kier alpha value is -0.770. The van der Waals surface area contributed by atoms with Crippen LogP contribution in [0.1, 0.15) is 10.9 Å². The van der Waals surface area contributed by atoms with E-state index >= 15 is 0 Å². The highest BCUT2D eigenvalue weighted by Crippen LogP contribution is 2.30. The molecule has 1 aliphatic heterocycles. The molecule has 2 rings (SSSR count). The topological polar surface area (TPSA) is 21.7 Å². The first-order chi connectivity index (χ1) is 8.31. The number of morpholine rings is 1. The Balaban J connectivity index is 2.00. The second-order valence-corrected chi connectivity index (χ2v) is 4.65. The molecule has 1 aromatic rings. The van der Waals surface area contributed by atoms with Crippen LogP contribution in [-0.2, 0) is 4.74 Å². The van der Waals surface area contributed by atoms with E-state index < -0.39 is 0 Å². The Morgan fingerprint density at radius 3 is 2.76 bits per heavy atom. The van der Waals surface area contributed by atoms with Gasteiger partial charge in [-0.05, 0) is 6.07 Å². The van der Waals surface area contributed by atoms with Crippen LogP contribution in [0.5, 0.6) is 5.75 Å². The molecule has 0 aliphatic carbocycles. The summed E-state index contributed by atoms with van der Waals surface area (Å²) < 4.78 is 10.7. The lowest BCUT2D eigenvalue weighted by Crippen LogP contribution is -2.38. The minimum absolute atomic E-state index is 0.0377. The van der Waals surface area contributed by atoms with Crippen LogP contribution in [0.4, 0.5) is 0 Å². The van der Waals surface area contributed by atoms with Crippen LogP contribution < -0.4 is 4.74 Å². The molecule has 4 heteroatoms. The van der Waals surface area contributed by atoms with E-state index in [0.29, 0.717) is 0 Å². The molecule has 17 heavy (non-hydrogen) atoms. The lowest BCUT2D eigenvalue weighted by Gasteiger charge is -2.28. The number of hydrogen-bond acceptors (Lipinski definition) is 3. The molecule has 1 atom stereocenters. The SMILES string of the molecule is COc1ccccc1C(Cl)CN1CCOCC1. The normalized spacial score (nSPS) is 18.9. The van der Waals surface area contributed by atoms with Crippen LogP contribution in [0.3, 0.4) is 0 Å². The van der Waals surface area contributed by atoms with Gasteiger partial charge < -0.3 is 9.47 Å². The molecule has 0 bridgehead atoms. The monoisotopic (exact) mass is 255 g/mol. The summed E-state index contributed by atoms with van der Waals surface area (Å²) >= 11 is 6.46. The van der Waals surface area contributed by atoms with Gasteiger partial charge in [-0.15, -0.1) is 11.6 Å². The minimum Gasteiger partial charge on any atom is -0.496 e.